The quantitative estimate of drug-likeness (QED) is 0.337. The van der Waals surface area contributed by atoms with Gasteiger partial charge in [0.25, 0.3) is 0 Å². The molecular weight excluding hydrogens is 216 g/mol. The summed E-state index contributed by atoms with van der Waals surface area (Å²) in [4.78, 5) is 0. The fraction of sp³-hybridized carbons (Fsp3) is 1.00. The predicted molar refractivity (Wildman–Crippen MR) is 61.2 cm³/mol. The maximum absolute atomic E-state index is 10.9. The molecule has 0 rings (SSSR count). The lowest BCUT2D eigenvalue weighted by molar-refractivity contribution is 0.109. The van der Waals surface area contributed by atoms with Gasteiger partial charge in [-0.2, -0.15) is 0 Å². The average molecular weight is 238 g/mol. The molecule has 0 spiro atoms. The molecule has 3 N–H and O–H groups in total. The van der Waals surface area contributed by atoms with E-state index in [1.807, 2.05) is 6.92 Å². The summed E-state index contributed by atoms with van der Waals surface area (Å²) >= 11 is 0. The van der Waals surface area contributed by atoms with Gasteiger partial charge in [0.05, 0.1) is 6.61 Å². The van der Waals surface area contributed by atoms with E-state index in [4.69, 9.17) is 10.6 Å². The molecule has 0 aliphatic rings. The van der Waals surface area contributed by atoms with E-state index in [0.29, 0.717) is 26.1 Å². The largest absolute Gasteiger partial charge is 0.380 e. The van der Waals surface area contributed by atoms with Crippen molar-refractivity contribution >= 4 is 9.84 Å². The van der Waals surface area contributed by atoms with E-state index >= 15 is 0 Å². The topological polar surface area (TPSA) is 81.4 Å². The summed E-state index contributed by atoms with van der Waals surface area (Å²) in [5, 5.41) is 0. The second kappa shape index (κ2) is 8.04. The molecule has 0 radical (unpaired) electrons. The van der Waals surface area contributed by atoms with Crippen LogP contribution >= 0.6 is 0 Å². The average Bonchev–Trinajstić information content (AvgIpc) is 2.14. The Bertz CT molecular complexity index is 242. The molecule has 0 saturated heterocycles. The van der Waals surface area contributed by atoms with Gasteiger partial charge in [-0.15, -0.1) is 0 Å². The molecule has 1 unspecified atom stereocenters. The summed E-state index contributed by atoms with van der Waals surface area (Å²) in [5.74, 6) is 5.53. The normalized spacial score (nSPS) is 14.1. The van der Waals surface area contributed by atoms with Crippen LogP contribution in [0.1, 0.15) is 26.2 Å². The van der Waals surface area contributed by atoms with E-state index in [1.165, 1.54) is 6.26 Å². The minimum absolute atomic E-state index is 0.0401. The van der Waals surface area contributed by atoms with Crippen molar-refractivity contribution in [1.82, 2.24) is 5.43 Å². The van der Waals surface area contributed by atoms with E-state index in [9.17, 15) is 8.42 Å². The van der Waals surface area contributed by atoms with Gasteiger partial charge in [0.15, 0.2) is 0 Å². The van der Waals surface area contributed by atoms with Crippen molar-refractivity contribution in [3.8, 4) is 0 Å². The zero-order valence-corrected chi connectivity index (χ0v) is 10.3. The second-order valence-electron chi connectivity index (χ2n) is 3.71. The molecule has 92 valence electrons. The molecule has 0 amide bonds. The smallest absolute Gasteiger partial charge is 0.147 e. The Hall–Kier alpha value is -0.170. The lowest BCUT2D eigenvalue weighted by atomic mass is 10.2. The molecule has 0 aliphatic heterocycles. The highest BCUT2D eigenvalue weighted by atomic mass is 32.2. The number of hydrogen-bond donors (Lipinski definition) is 2. The Balaban J connectivity index is 3.61. The predicted octanol–water partition coefficient (Wildman–Crippen LogP) is 0.0697. The van der Waals surface area contributed by atoms with Crippen LogP contribution in [0.15, 0.2) is 0 Å². The van der Waals surface area contributed by atoms with Crippen LogP contribution in [0.3, 0.4) is 0 Å². The van der Waals surface area contributed by atoms with Gasteiger partial charge in [-0.1, -0.05) is 6.92 Å². The summed E-state index contributed by atoms with van der Waals surface area (Å²) < 4.78 is 27.1. The third-order valence-electron chi connectivity index (χ3n) is 1.97. The maximum atomic E-state index is 10.9. The third kappa shape index (κ3) is 10.1. The van der Waals surface area contributed by atoms with Crippen LogP contribution in [0.5, 0.6) is 0 Å². The number of nitrogens with two attached hydrogens (primary N) is 1. The van der Waals surface area contributed by atoms with Crippen molar-refractivity contribution < 1.29 is 13.2 Å². The molecular formula is C9H22N2O3S. The Labute approximate surface area is 92.3 Å². The van der Waals surface area contributed by atoms with E-state index in [2.05, 4.69) is 5.43 Å². The summed E-state index contributed by atoms with van der Waals surface area (Å²) in [6, 6.07) is 0.0401. The number of nitrogens with one attached hydrogen (secondary N) is 1. The lowest BCUT2D eigenvalue weighted by Gasteiger charge is -2.15. The van der Waals surface area contributed by atoms with Crippen LogP contribution < -0.4 is 11.3 Å². The molecule has 0 aliphatic carbocycles. The van der Waals surface area contributed by atoms with Crippen molar-refractivity contribution in [2.45, 2.75) is 32.2 Å². The van der Waals surface area contributed by atoms with Gasteiger partial charge in [0.2, 0.25) is 0 Å². The summed E-state index contributed by atoms with van der Waals surface area (Å²) in [6.45, 7) is 3.28. The highest BCUT2D eigenvalue weighted by molar-refractivity contribution is 7.90. The first-order chi connectivity index (χ1) is 6.99. The number of hydrazine groups is 1. The van der Waals surface area contributed by atoms with Crippen LogP contribution in [0.2, 0.25) is 0 Å². The van der Waals surface area contributed by atoms with Gasteiger partial charge in [0.1, 0.15) is 9.84 Å². The number of hydrogen-bond acceptors (Lipinski definition) is 5. The summed E-state index contributed by atoms with van der Waals surface area (Å²) in [6.07, 6.45) is 3.54. The monoisotopic (exact) mass is 238 g/mol. The number of rotatable bonds is 9. The zero-order valence-electron chi connectivity index (χ0n) is 9.53. The van der Waals surface area contributed by atoms with E-state index in [0.717, 1.165) is 6.42 Å². The highest BCUT2D eigenvalue weighted by Crippen LogP contribution is 2.00. The Morgan fingerprint density at radius 2 is 2.13 bits per heavy atom. The summed E-state index contributed by atoms with van der Waals surface area (Å²) in [5.41, 5.74) is 2.63. The molecule has 0 aromatic carbocycles. The van der Waals surface area contributed by atoms with Gasteiger partial charge in [-0.3, -0.25) is 11.3 Å². The SMILES string of the molecule is CCCOCC(CCCS(C)(=O)=O)NN. The van der Waals surface area contributed by atoms with Crippen LogP contribution in [0, 0.1) is 0 Å². The van der Waals surface area contributed by atoms with E-state index in [1.54, 1.807) is 0 Å². The van der Waals surface area contributed by atoms with E-state index < -0.39 is 9.84 Å². The first-order valence-electron chi connectivity index (χ1n) is 5.21. The number of sulfone groups is 1. The first-order valence-corrected chi connectivity index (χ1v) is 7.27. The molecule has 0 saturated carbocycles. The Morgan fingerprint density at radius 3 is 2.60 bits per heavy atom. The molecule has 0 fully saturated rings. The fourth-order valence-corrected chi connectivity index (χ4v) is 1.87. The molecule has 6 heteroatoms. The molecule has 0 aromatic rings. The minimum Gasteiger partial charge on any atom is -0.380 e. The molecule has 1 atom stereocenters. The summed E-state index contributed by atoms with van der Waals surface area (Å²) in [7, 11) is -2.86. The maximum Gasteiger partial charge on any atom is 0.147 e. The Kier molecular flexibility index (Phi) is 7.95. The molecule has 0 heterocycles. The Morgan fingerprint density at radius 1 is 1.47 bits per heavy atom. The second-order valence-corrected chi connectivity index (χ2v) is 5.97. The van der Waals surface area contributed by atoms with Gasteiger partial charge < -0.3 is 4.74 Å². The van der Waals surface area contributed by atoms with Crippen LogP contribution in [0.25, 0.3) is 0 Å². The van der Waals surface area contributed by atoms with Gasteiger partial charge in [0, 0.05) is 24.7 Å². The standard InChI is InChI=1S/C9H22N2O3S/c1-3-6-14-8-9(11-10)5-4-7-15(2,12)13/h9,11H,3-8,10H2,1-2H3. The minimum atomic E-state index is -2.86. The van der Waals surface area contributed by atoms with Gasteiger partial charge >= 0.3 is 0 Å². The van der Waals surface area contributed by atoms with Crippen LogP contribution in [0.4, 0.5) is 0 Å². The van der Waals surface area contributed by atoms with Crippen molar-refractivity contribution in [1.29, 1.82) is 0 Å². The van der Waals surface area contributed by atoms with Crippen LogP contribution in [-0.4, -0.2) is 39.7 Å². The van der Waals surface area contributed by atoms with Crippen molar-refractivity contribution in [3.63, 3.8) is 0 Å². The van der Waals surface area contributed by atoms with Crippen LogP contribution in [-0.2, 0) is 14.6 Å². The molecule has 5 nitrogen and oxygen atoms in total. The van der Waals surface area contributed by atoms with Gasteiger partial charge in [-0.25, -0.2) is 8.42 Å². The fourth-order valence-electron chi connectivity index (χ4n) is 1.18. The highest BCUT2D eigenvalue weighted by Gasteiger charge is 2.08. The van der Waals surface area contributed by atoms with Crippen molar-refractivity contribution in [2.75, 3.05) is 25.2 Å². The molecule has 15 heavy (non-hydrogen) atoms. The van der Waals surface area contributed by atoms with Crippen molar-refractivity contribution in [3.05, 3.63) is 0 Å². The van der Waals surface area contributed by atoms with Gasteiger partial charge in [-0.05, 0) is 19.3 Å². The number of ether oxygens (including phenoxy) is 1. The van der Waals surface area contributed by atoms with Crippen molar-refractivity contribution in [2.24, 2.45) is 5.84 Å². The third-order valence-corrected chi connectivity index (χ3v) is 3.00. The van der Waals surface area contributed by atoms with E-state index in [-0.39, 0.29) is 11.8 Å². The molecule has 0 bridgehead atoms. The first kappa shape index (κ1) is 14.8. The molecule has 0 aromatic heterocycles. The lowest BCUT2D eigenvalue weighted by Crippen LogP contribution is -2.39. The zero-order chi connectivity index (χ0) is 11.7.